The number of benzene rings is 3. The summed E-state index contributed by atoms with van der Waals surface area (Å²) in [6.07, 6.45) is 0. The van der Waals surface area contributed by atoms with Crippen molar-refractivity contribution >= 4 is 5.91 Å². The third-order valence-electron chi connectivity index (χ3n) is 4.78. The Labute approximate surface area is 167 Å². The van der Waals surface area contributed by atoms with Crippen LogP contribution in [-0.4, -0.2) is 5.91 Å². The lowest BCUT2D eigenvalue weighted by Gasteiger charge is -2.16. The second-order valence-electron chi connectivity index (χ2n) is 7.43. The van der Waals surface area contributed by atoms with E-state index in [9.17, 15) is 4.79 Å². The summed E-state index contributed by atoms with van der Waals surface area (Å²) in [5.74, 6) is 1.87. The fourth-order valence-electron chi connectivity index (χ4n) is 3.11. The number of amides is 1. The topological polar surface area (TPSA) is 38.3 Å². The number of aryl methyl sites for hydroxylation is 1. The highest BCUT2D eigenvalue weighted by Gasteiger charge is 2.12. The van der Waals surface area contributed by atoms with E-state index in [1.165, 1.54) is 5.56 Å². The predicted molar refractivity (Wildman–Crippen MR) is 114 cm³/mol. The number of carbonyl (C=O) groups excluding carboxylic acids is 1. The molecule has 0 aromatic heterocycles. The molecule has 1 atom stereocenters. The van der Waals surface area contributed by atoms with Crippen molar-refractivity contribution in [1.29, 1.82) is 0 Å². The van der Waals surface area contributed by atoms with Crippen LogP contribution in [0.5, 0.6) is 11.5 Å². The predicted octanol–water partition coefficient (Wildman–Crippen LogP) is 6.40. The summed E-state index contributed by atoms with van der Waals surface area (Å²) in [6.45, 7) is 8.34. The Morgan fingerprint density at radius 1 is 0.893 bits per heavy atom. The molecule has 3 heteroatoms. The lowest BCUT2D eigenvalue weighted by molar-refractivity contribution is 0.0940. The lowest BCUT2D eigenvalue weighted by atomic mass is 10.0. The minimum atomic E-state index is -0.0960. The summed E-state index contributed by atoms with van der Waals surface area (Å²) in [5.41, 5.74) is 4.02. The zero-order valence-corrected chi connectivity index (χ0v) is 16.9. The molecular weight excluding hydrogens is 346 g/mol. The largest absolute Gasteiger partial charge is 0.457 e. The van der Waals surface area contributed by atoms with E-state index >= 15 is 0 Å². The number of hydrogen-bond acceptors (Lipinski definition) is 2. The zero-order valence-electron chi connectivity index (χ0n) is 16.9. The van der Waals surface area contributed by atoms with Gasteiger partial charge in [-0.05, 0) is 66.8 Å². The lowest BCUT2D eigenvalue weighted by Crippen LogP contribution is -2.26. The first-order valence-electron chi connectivity index (χ1n) is 9.68. The maximum atomic E-state index is 12.5. The number of carbonyl (C=O) groups is 1. The van der Waals surface area contributed by atoms with Gasteiger partial charge in [0.15, 0.2) is 0 Å². The number of hydrogen-bond donors (Lipinski definition) is 1. The second kappa shape index (κ2) is 8.75. The average molecular weight is 373 g/mol. The van der Waals surface area contributed by atoms with E-state index in [1.54, 1.807) is 12.1 Å². The number of ether oxygens (including phenoxy) is 1. The van der Waals surface area contributed by atoms with Gasteiger partial charge in [-0.2, -0.15) is 0 Å². The third-order valence-corrected chi connectivity index (χ3v) is 4.78. The van der Waals surface area contributed by atoms with Gasteiger partial charge in [0, 0.05) is 5.56 Å². The highest BCUT2D eigenvalue weighted by molar-refractivity contribution is 5.94. The highest BCUT2D eigenvalue weighted by Crippen LogP contribution is 2.31. The van der Waals surface area contributed by atoms with Crippen LogP contribution in [0.15, 0.2) is 72.8 Å². The monoisotopic (exact) mass is 373 g/mol. The normalized spacial score (nSPS) is 11.9. The molecule has 0 saturated heterocycles. The van der Waals surface area contributed by atoms with E-state index in [2.05, 4.69) is 44.3 Å². The Kier molecular flexibility index (Phi) is 6.15. The van der Waals surface area contributed by atoms with Crippen molar-refractivity contribution in [3.05, 3.63) is 95.1 Å². The molecular formula is C25H27NO2. The van der Waals surface area contributed by atoms with Gasteiger partial charge in [-0.25, -0.2) is 0 Å². The van der Waals surface area contributed by atoms with Gasteiger partial charge in [0.25, 0.3) is 5.91 Å². The molecule has 0 spiro atoms. The van der Waals surface area contributed by atoms with Gasteiger partial charge in [-0.15, -0.1) is 0 Å². The maximum Gasteiger partial charge on any atom is 0.251 e. The molecule has 1 amide bonds. The molecule has 28 heavy (non-hydrogen) atoms. The first-order chi connectivity index (χ1) is 13.4. The SMILES string of the molecule is Cc1ccc(C(C)C)c(Oc2ccc(C(=O)N[C@@H](C)c3ccccc3)cc2)c1. The van der Waals surface area contributed by atoms with Crippen molar-refractivity contribution < 1.29 is 9.53 Å². The van der Waals surface area contributed by atoms with Gasteiger partial charge in [0.05, 0.1) is 6.04 Å². The molecule has 0 aliphatic rings. The van der Waals surface area contributed by atoms with Gasteiger partial charge >= 0.3 is 0 Å². The van der Waals surface area contributed by atoms with Crippen LogP contribution in [0.3, 0.4) is 0 Å². The van der Waals surface area contributed by atoms with Crippen LogP contribution in [0.4, 0.5) is 0 Å². The Bertz CT molecular complexity index is 931. The van der Waals surface area contributed by atoms with Crippen molar-refractivity contribution in [2.75, 3.05) is 0 Å². The second-order valence-corrected chi connectivity index (χ2v) is 7.43. The summed E-state index contributed by atoms with van der Waals surface area (Å²) in [6, 6.07) is 23.4. The minimum Gasteiger partial charge on any atom is -0.457 e. The summed E-state index contributed by atoms with van der Waals surface area (Å²) < 4.78 is 6.11. The molecule has 3 aromatic rings. The molecule has 3 nitrogen and oxygen atoms in total. The zero-order chi connectivity index (χ0) is 20.1. The molecule has 1 N–H and O–H groups in total. The quantitative estimate of drug-likeness (QED) is 0.543. The van der Waals surface area contributed by atoms with Gasteiger partial charge in [-0.3, -0.25) is 4.79 Å². The van der Waals surface area contributed by atoms with Crippen molar-refractivity contribution in [2.45, 2.75) is 39.7 Å². The van der Waals surface area contributed by atoms with Gasteiger partial charge in [-0.1, -0.05) is 56.3 Å². The first-order valence-corrected chi connectivity index (χ1v) is 9.68. The van der Waals surface area contributed by atoms with Crippen LogP contribution in [0.2, 0.25) is 0 Å². The van der Waals surface area contributed by atoms with E-state index in [1.807, 2.05) is 49.4 Å². The first kappa shape index (κ1) is 19.7. The number of nitrogens with one attached hydrogen (secondary N) is 1. The summed E-state index contributed by atoms with van der Waals surface area (Å²) >= 11 is 0. The van der Waals surface area contributed by atoms with E-state index < -0.39 is 0 Å². The fourth-order valence-corrected chi connectivity index (χ4v) is 3.11. The fraction of sp³-hybridized carbons (Fsp3) is 0.240. The highest BCUT2D eigenvalue weighted by atomic mass is 16.5. The van der Waals surface area contributed by atoms with E-state index in [-0.39, 0.29) is 11.9 Å². The third kappa shape index (κ3) is 4.80. The van der Waals surface area contributed by atoms with Gasteiger partial charge < -0.3 is 10.1 Å². The van der Waals surface area contributed by atoms with Crippen molar-refractivity contribution in [1.82, 2.24) is 5.32 Å². The molecule has 3 rings (SSSR count). The Morgan fingerprint density at radius 3 is 2.21 bits per heavy atom. The van der Waals surface area contributed by atoms with Crippen LogP contribution < -0.4 is 10.1 Å². The van der Waals surface area contributed by atoms with Crippen molar-refractivity contribution in [3.63, 3.8) is 0 Å². The Morgan fingerprint density at radius 2 is 1.57 bits per heavy atom. The van der Waals surface area contributed by atoms with Crippen LogP contribution in [0.25, 0.3) is 0 Å². The molecule has 144 valence electrons. The Balaban J connectivity index is 1.70. The summed E-state index contributed by atoms with van der Waals surface area (Å²) in [7, 11) is 0. The van der Waals surface area contributed by atoms with Crippen LogP contribution in [0.1, 0.15) is 59.8 Å². The molecule has 0 bridgehead atoms. The molecule has 0 saturated carbocycles. The molecule has 0 aliphatic carbocycles. The number of rotatable bonds is 6. The summed E-state index contributed by atoms with van der Waals surface area (Å²) in [5, 5.41) is 3.03. The van der Waals surface area contributed by atoms with Crippen molar-refractivity contribution in [3.8, 4) is 11.5 Å². The van der Waals surface area contributed by atoms with Crippen LogP contribution >= 0.6 is 0 Å². The van der Waals surface area contributed by atoms with Crippen LogP contribution in [0, 0.1) is 6.92 Å². The van der Waals surface area contributed by atoms with E-state index in [0.717, 1.165) is 22.6 Å². The van der Waals surface area contributed by atoms with Gasteiger partial charge in [0.1, 0.15) is 11.5 Å². The van der Waals surface area contributed by atoms with Crippen LogP contribution in [-0.2, 0) is 0 Å². The molecule has 0 fully saturated rings. The smallest absolute Gasteiger partial charge is 0.251 e. The van der Waals surface area contributed by atoms with E-state index in [0.29, 0.717) is 11.5 Å². The molecule has 0 heterocycles. The molecule has 0 aliphatic heterocycles. The van der Waals surface area contributed by atoms with Crippen molar-refractivity contribution in [2.24, 2.45) is 0 Å². The molecule has 3 aromatic carbocycles. The average Bonchev–Trinajstić information content (AvgIpc) is 2.69. The molecule has 0 unspecified atom stereocenters. The standard InChI is InChI=1S/C25H27NO2/c1-17(2)23-15-10-18(3)16-24(23)28-22-13-11-21(12-14-22)25(27)26-19(4)20-8-6-5-7-9-20/h5-17,19H,1-4H3,(H,26,27)/t19-/m0/s1. The summed E-state index contributed by atoms with van der Waals surface area (Å²) in [4.78, 5) is 12.5. The Hall–Kier alpha value is -3.07. The van der Waals surface area contributed by atoms with Gasteiger partial charge in [0.2, 0.25) is 0 Å². The molecule has 0 radical (unpaired) electrons. The van der Waals surface area contributed by atoms with E-state index in [4.69, 9.17) is 4.74 Å². The maximum absolute atomic E-state index is 12.5. The minimum absolute atomic E-state index is 0.0504.